The van der Waals surface area contributed by atoms with E-state index in [1.165, 1.54) is 6.07 Å². The molecule has 0 aromatic heterocycles. The van der Waals surface area contributed by atoms with Crippen molar-refractivity contribution in [2.24, 2.45) is 0 Å². The van der Waals surface area contributed by atoms with Crippen molar-refractivity contribution in [3.63, 3.8) is 0 Å². The summed E-state index contributed by atoms with van der Waals surface area (Å²) >= 11 is 0. The summed E-state index contributed by atoms with van der Waals surface area (Å²) in [6.07, 6.45) is 1.98. The molecule has 2 rings (SSSR count). The molecule has 0 atom stereocenters. The van der Waals surface area contributed by atoms with Crippen LogP contribution in [0.3, 0.4) is 0 Å². The highest BCUT2D eigenvalue weighted by atomic mass is 32.2. The number of rotatable bonds is 8. The van der Waals surface area contributed by atoms with Crippen LogP contribution in [0.4, 0.5) is 10.5 Å². The summed E-state index contributed by atoms with van der Waals surface area (Å²) in [6.45, 7) is 1.91. The molecule has 0 unspecified atom stereocenters. The van der Waals surface area contributed by atoms with Crippen molar-refractivity contribution in [3.05, 3.63) is 23.8 Å². The average Bonchev–Trinajstić information content (AvgIpc) is 3.28. The minimum absolute atomic E-state index is 0.00329. The van der Waals surface area contributed by atoms with Gasteiger partial charge in [-0.15, -0.1) is 0 Å². The quantitative estimate of drug-likeness (QED) is 0.525. The number of aliphatic carboxylic acids is 1. The fourth-order valence-corrected chi connectivity index (χ4v) is 3.64. The van der Waals surface area contributed by atoms with E-state index in [1.54, 1.807) is 19.1 Å². The third-order valence-electron chi connectivity index (χ3n) is 3.49. The molecule has 0 aliphatic heterocycles. The van der Waals surface area contributed by atoms with Gasteiger partial charge in [0.25, 0.3) is 0 Å². The minimum Gasteiger partial charge on any atom is -0.481 e. The van der Waals surface area contributed by atoms with Gasteiger partial charge in [-0.2, -0.15) is 0 Å². The van der Waals surface area contributed by atoms with Gasteiger partial charge in [0, 0.05) is 24.7 Å². The standard InChI is InChI=1S/C15H21N3O5S/c1-10-4-5-12(17-15(21)16-8-2-3-14(19)20)9-13(10)24(22,23)18-11-6-7-11/h4-5,9,11,18H,2-3,6-8H2,1H3,(H,19,20)(H2,16,17,21). The largest absolute Gasteiger partial charge is 0.481 e. The van der Waals surface area contributed by atoms with Gasteiger partial charge in [0.15, 0.2) is 0 Å². The molecule has 0 heterocycles. The van der Waals surface area contributed by atoms with Crippen LogP contribution >= 0.6 is 0 Å². The van der Waals surface area contributed by atoms with E-state index in [0.29, 0.717) is 17.7 Å². The molecule has 1 aromatic carbocycles. The number of hydrogen-bond donors (Lipinski definition) is 4. The van der Waals surface area contributed by atoms with Crippen molar-refractivity contribution in [2.45, 2.75) is 43.5 Å². The topological polar surface area (TPSA) is 125 Å². The smallest absolute Gasteiger partial charge is 0.319 e. The Morgan fingerprint density at radius 3 is 2.62 bits per heavy atom. The highest BCUT2D eigenvalue weighted by molar-refractivity contribution is 7.89. The lowest BCUT2D eigenvalue weighted by Gasteiger charge is -2.12. The minimum atomic E-state index is -3.60. The lowest BCUT2D eigenvalue weighted by Crippen LogP contribution is -2.30. The van der Waals surface area contributed by atoms with Gasteiger partial charge in [-0.3, -0.25) is 4.79 Å². The molecular formula is C15H21N3O5S. The zero-order valence-corrected chi connectivity index (χ0v) is 14.1. The van der Waals surface area contributed by atoms with Gasteiger partial charge in [0.05, 0.1) is 4.90 Å². The number of carbonyl (C=O) groups excluding carboxylic acids is 1. The molecule has 9 heteroatoms. The molecule has 1 aliphatic rings. The van der Waals surface area contributed by atoms with Gasteiger partial charge in [0.2, 0.25) is 10.0 Å². The van der Waals surface area contributed by atoms with Crippen molar-refractivity contribution in [1.29, 1.82) is 0 Å². The van der Waals surface area contributed by atoms with E-state index in [4.69, 9.17) is 5.11 Å². The second-order valence-corrected chi connectivity index (χ2v) is 7.44. The number of carbonyl (C=O) groups is 2. The summed E-state index contributed by atoms with van der Waals surface area (Å²) < 4.78 is 27.3. The van der Waals surface area contributed by atoms with Gasteiger partial charge in [-0.25, -0.2) is 17.9 Å². The monoisotopic (exact) mass is 355 g/mol. The number of urea groups is 1. The molecule has 2 amide bonds. The number of nitrogens with one attached hydrogen (secondary N) is 3. The average molecular weight is 355 g/mol. The van der Waals surface area contributed by atoms with Crippen molar-refractivity contribution < 1.29 is 23.1 Å². The zero-order valence-electron chi connectivity index (χ0n) is 13.3. The number of carboxylic acid groups (broad SMARTS) is 1. The summed E-state index contributed by atoms with van der Waals surface area (Å²) in [5.41, 5.74) is 0.947. The van der Waals surface area contributed by atoms with Crippen LogP contribution in [0.15, 0.2) is 23.1 Å². The third kappa shape index (κ3) is 5.50. The van der Waals surface area contributed by atoms with Gasteiger partial charge in [-0.1, -0.05) is 6.07 Å². The fraction of sp³-hybridized carbons (Fsp3) is 0.467. The predicted octanol–water partition coefficient (Wildman–Crippen LogP) is 1.42. The number of benzene rings is 1. The first kappa shape index (κ1) is 18.2. The Balaban J connectivity index is 1.97. The van der Waals surface area contributed by atoms with Gasteiger partial charge < -0.3 is 15.7 Å². The number of sulfonamides is 1. The highest BCUT2D eigenvalue weighted by Gasteiger charge is 2.29. The first-order valence-corrected chi connectivity index (χ1v) is 9.16. The van der Waals surface area contributed by atoms with Crippen LogP contribution in [-0.4, -0.2) is 38.1 Å². The lowest BCUT2D eigenvalue weighted by molar-refractivity contribution is -0.137. The van der Waals surface area contributed by atoms with Crippen LogP contribution in [-0.2, 0) is 14.8 Å². The number of anilines is 1. The van der Waals surface area contributed by atoms with E-state index in [-0.39, 0.29) is 23.9 Å². The Hall–Kier alpha value is -2.13. The molecule has 1 aliphatic carbocycles. The normalized spacial score (nSPS) is 14.2. The third-order valence-corrected chi connectivity index (χ3v) is 5.15. The maximum absolute atomic E-state index is 12.3. The summed E-state index contributed by atoms with van der Waals surface area (Å²) in [5.74, 6) is -0.922. The molecule has 132 valence electrons. The molecule has 0 saturated heterocycles. The maximum Gasteiger partial charge on any atom is 0.319 e. The highest BCUT2D eigenvalue weighted by Crippen LogP contribution is 2.25. The summed E-state index contributed by atoms with van der Waals surface area (Å²) in [5, 5.41) is 13.6. The van der Waals surface area contributed by atoms with E-state index in [2.05, 4.69) is 15.4 Å². The Morgan fingerprint density at radius 1 is 1.29 bits per heavy atom. The molecule has 4 N–H and O–H groups in total. The Kier molecular flexibility index (Phi) is 5.79. The van der Waals surface area contributed by atoms with E-state index in [9.17, 15) is 18.0 Å². The van der Waals surface area contributed by atoms with Crippen LogP contribution < -0.4 is 15.4 Å². The van der Waals surface area contributed by atoms with Crippen molar-refractivity contribution in [1.82, 2.24) is 10.0 Å². The number of aryl methyl sites for hydroxylation is 1. The SMILES string of the molecule is Cc1ccc(NC(=O)NCCCC(=O)O)cc1S(=O)(=O)NC1CC1. The Bertz CT molecular complexity index is 729. The molecule has 8 nitrogen and oxygen atoms in total. The van der Waals surface area contributed by atoms with E-state index >= 15 is 0 Å². The van der Waals surface area contributed by atoms with Crippen LogP contribution in [0.25, 0.3) is 0 Å². The molecular weight excluding hydrogens is 334 g/mol. The van der Waals surface area contributed by atoms with E-state index < -0.39 is 22.0 Å². The molecule has 0 bridgehead atoms. The van der Waals surface area contributed by atoms with Crippen LogP contribution in [0.2, 0.25) is 0 Å². The summed E-state index contributed by atoms with van der Waals surface area (Å²) in [6, 6.07) is 4.15. The van der Waals surface area contributed by atoms with Crippen molar-refractivity contribution >= 4 is 27.7 Å². The second-order valence-electron chi connectivity index (χ2n) is 5.75. The predicted molar refractivity (Wildman–Crippen MR) is 88.4 cm³/mol. The summed E-state index contributed by atoms with van der Waals surface area (Å²) in [4.78, 5) is 22.3. The zero-order chi connectivity index (χ0) is 17.7. The van der Waals surface area contributed by atoms with Gasteiger partial charge >= 0.3 is 12.0 Å². The van der Waals surface area contributed by atoms with Crippen molar-refractivity contribution in [2.75, 3.05) is 11.9 Å². The van der Waals surface area contributed by atoms with Gasteiger partial charge in [0.1, 0.15) is 0 Å². The number of amides is 2. The Labute approximate surface area is 140 Å². The van der Waals surface area contributed by atoms with Crippen LogP contribution in [0.1, 0.15) is 31.2 Å². The number of hydrogen-bond acceptors (Lipinski definition) is 4. The Morgan fingerprint density at radius 2 is 2.00 bits per heavy atom. The number of carboxylic acids is 1. The maximum atomic E-state index is 12.3. The van der Waals surface area contributed by atoms with Gasteiger partial charge in [-0.05, 0) is 43.9 Å². The van der Waals surface area contributed by atoms with E-state index in [0.717, 1.165) is 12.8 Å². The molecule has 1 fully saturated rings. The molecule has 1 aromatic rings. The first-order valence-electron chi connectivity index (χ1n) is 7.67. The first-order chi connectivity index (χ1) is 11.3. The van der Waals surface area contributed by atoms with Crippen LogP contribution in [0, 0.1) is 6.92 Å². The van der Waals surface area contributed by atoms with E-state index in [1.807, 2.05) is 0 Å². The van der Waals surface area contributed by atoms with Crippen molar-refractivity contribution in [3.8, 4) is 0 Å². The fourth-order valence-electron chi connectivity index (χ4n) is 2.07. The molecule has 0 spiro atoms. The van der Waals surface area contributed by atoms with Crippen LogP contribution in [0.5, 0.6) is 0 Å². The molecule has 24 heavy (non-hydrogen) atoms. The molecule has 1 saturated carbocycles. The lowest BCUT2D eigenvalue weighted by atomic mass is 10.2. The summed E-state index contributed by atoms with van der Waals surface area (Å²) in [7, 11) is -3.60. The molecule has 0 radical (unpaired) electrons. The second kappa shape index (κ2) is 7.63.